The molecule has 1 fully saturated rings. The van der Waals surface area contributed by atoms with E-state index < -0.39 is 5.97 Å². The van der Waals surface area contributed by atoms with Crippen molar-refractivity contribution in [3.8, 4) is 5.75 Å². The first-order valence-electron chi connectivity index (χ1n) is 7.85. The molecular weight excluding hydrogens is 348 g/mol. The second-order valence-corrected chi connectivity index (χ2v) is 6.14. The largest absolute Gasteiger partial charge is 0.489 e. The average Bonchev–Trinajstić information content (AvgIpc) is 3.06. The summed E-state index contributed by atoms with van der Waals surface area (Å²) in [7, 11) is 0. The molecule has 0 aliphatic carbocycles. The molecular formula is C16H17ClN4O4. The van der Waals surface area contributed by atoms with Crippen molar-refractivity contribution in [2.24, 2.45) is 0 Å². The van der Waals surface area contributed by atoms with Crippen LogP contribution in [0.15, 0.2) is 30.5 Å². The number of carboxylic acid groups (broad SMARTS) is 1. The van der Waals surface area contributed by atoms with E-state index in [-0.39, 0.29) is 24.2 Å². The number of benzene rings is 1. The lowest BCUT2D eigenvalue weighted by molar-refractivity contribution is -0.133. The van der Waals surface area contributed by atoms with Gasteiger partial charge in [0, 0.05) is 25.9 Å². The summed E-state index contributed by atoms with van der Waals surface area (Å²) in [6, 6.07) is 7.31. The number of aromatic nitrogens is 3. The minimum Gasteiger partial charge on any atom is -0.489 e. The molecule has 0 unspecified atom stereocenters. The molecule has 1 aliphatic rings. The molecule has 1 amide bonds. The molecule has 1 aliphatic heterocycles. The van der Waals surface area contributed by atoms with Gasteiger partial charge in [0.05, 0.1) is 11.2 Å². The summed E-state index contributed by atoms with van der Waals surface area (Å²) in [4.78, 5) is 24.8. The molecule has 1 N–H and O–H groups in total. The number of nitrogens with zero attached hydrogens (tertiary/aromatic N) is 4. The van der Waals surface area contributed by atoms with Crippen LogP contribution in [-0.4, -0.2) is 56.1 Å². The van der Waals surface area contributed by atoms with Crippen LogP contribution >= 0.6 is 11.6 Å². The van der Waals surface area contributed by atoms with Crippen LogP contribution in [0.25, 0.3) is 0 Å². The van der Waals surface area contributed by atoms with Crippen molar-refractivity contribution in [2.75, 3.05) is 13.1 Å². The van der Waals surface area contributed by atoms with E-state index in [1.807, 2.05) is 18.2 Å². The van der Waals surface area contributed by atoms with Crippen LogP contribution in [0.2, 0.25) is 5.02 Å². The minimum atomic E-state index is -1.17. The van der Waals surface area contributed by atoms with Gasteiger partial charge in [-0.15, -0.1) is 5.10 Å². The Balaban J connectivity index is 1.50. The van der Waals surface area contributed by atoms with Crippen molar-refractivity contribution in [3.05, 3.63) is 41.2 Å². The molecule has 1 saturated heterocycles. The predicted octanol–water partition coefficient (Wildman–Crippen LogP) is 1.70. The van der Waals surface area contributed by atoms with E-state index in [1.165, 1.54) is 10.9 Å². The van der Waals surface area contributed by atoms with Crippen molar-refractivity contribution < 1.29 is 19.4 Å². The lowest BCUT2D eigenvalue weighted by Gasteiger charge is -2.32. The van der Waals surface area contributed by atoms with Crippen LogP contribution in [0.4, 0.5) is 0 Å². The Labute approximate surface area is 148 Å². The average molecular weight is 365 g/mol. The van der Waals surface area contributed by atoms with Gasteiger partial charge in [0.2, 0.25) is 5.91 Å². The number of piperidine rings is 1. The van der Waals surface area contributed by atoms with Crippen LogP contribution in [-0.2, 0) is 11.3 Å². The maximum atomic E-state index is 12.3. The fourth-order valence-electron chi connectivity index (χ4n) is 2.66. The number of hydrogen-bond acceptors (Lipinski definition) is 5. The fraction of sp³-hybridized carbons (Fsp3) is 0.375. The summed E-state index contributed by atoms with van der Waals surface area (Å²) >= 11 is 6.09. The number of likely N-dealkylation sites (tertiary alicyclic amines) is 1. The quantitative estimate of drug-likeness (QED) is 0.867. The van der Waals surface area contributed by atoms with E-state index in [0.29, 0.717) is 36.7 Å². The number of carbonyl (C=O) groups excluding carboxylic acids is 1. The lowest BCUT2D eigenvalue weighted by Crippen LogP contribution is -2.43. The highest BCUT2D eigenvalue weighted by Crippen LogP contribution is 2.26. The molecule has 0 atom stereocenters. The Kier molecular flexibility index (Phi) is 5.18. The summed E-state index contributed by atoms with van der Waals surface area (Å²) in [6.07, 6.45) is 2.66. The van der Waals surface area contributed by atoms with E-state index in [4.69, 9.17) is 21.4 Å². The number of para-hydroxylation sites is 1. The third-order valence-electron chi connectivity index (χ3n) is 3.98. The van der Waals surface area contributed by atoms with E-state index >= 15 is 0 Å². The third kappa shape index (κ3) is 4.27. The highest BCUT2D eigenvalue weighted by molar-refractivity contribution is 6.32. The molecule has 2 aromatic rings. The van der Waals surface area contributed by atoms with Gasteiger partial charge in [0.25, 0.3) is 0 Å². The normalized spacial score (nSPS) is 15.2. The molecule has 0 radical (unpaired) electrons. The number of rotatable bonds is 5. The van der Waals surface area contributed by atoms with Crippen molar-refractivity contribution in [3.63, 3.8) is 0 Å². The number of ether oxygens (including phenoxy) is 1. The standard InChI is InChI=1S/C16H17ClN4O4/c17-12-3-1-2-4-14(12)25-11-5-7-20(8-6-11)15(22)10-21-9-13(16(23)24)18-19-21/h1-4,9,11H,5-8,10H2,(H,23,24). The Bertz CT molecular complexity index is 771. The van der Waals surface area contributed by atoms with Gasteiger partial charge in [0.15, 0.2) is 5.69 Å². The van der Waals surface area contributed by atoms with Gasteiger partial charge in [-0.25, -0.2) is 9.48 Å². The Morgan fingerprint density at radius 2 is 2.00 bits per heavy atom. The molecule has 8 nitrogen and oxygen atoms in total. The van der Waals surface area contributed by atoms with Crippen molar-refractivity contribution in [2.45, 2.75) is 25.5 Å². The first-order chi connectivity index (χ1) is 12.0. The number of amides is 1. The van der Waals surface area contributed by atoms with Crippen molar-refractivity contribution in [1.82, 2.24) is 19.9 Å². The smallest absolute Gasteiger partial charge is 0.358 e. The van der Waals surface area contributed by atoms with Gasteiger partial charge in [0.1, 0.15) is 18.4 Å². The Morgan fingerprint density at radius 1 is 1.28 bits per heavy atom. The molecule has 0 spiro atoms. The molecule has 0 saturated carbocycles. The highest BCUT2D eigenvalue weighted by Gasteiger charge is 2.25. The van der Waals surface area contributed by atoms with E-state index in [2.05, 4.69) is 10.3 Å². The van der Waals surface area contributed by atoms with Crippen LogP contribution in [0, 0.1) is 0 Å². The van der Waals surface area contributed by atoms with Gasteiger partial charge >= 0.3 is 5.97 Å². The first kappa shape index (κ1) is 17.2. The zero-order valence-electron chi connectivity index (χ0n) is 13.3. The first-order valence-corrected chi connectivity index (χ1v) is 8.23. The summed E-state index contributed by atoms with van der Waals surface area (Å²) in [6.45, 7) is 1.10. The van der Waals surface area contributed by atoms with Crippen molar-refractivity contribution >= 4 is 23.5 Å². The maximum Gasteiger partial charge on any atom is 0.358 e. The monoisotopic (exact) mass is 364 g/mol. The number of aromatic carboxylic acids is 1. The van der Waals surface area contributed by atoms with Gasteiger partial charge in [-0.1, -0.05) is 28.9 Å². The summed E-state index contributed by atoms with van der Waals surface area (Å²) in [5, 5.41) is 16.5. The molecule has 1 aromatic heterocycles. The SMILES string of the molecule is O=C(O)c1cn(CC(=O)N2CCC(Oc3ccccc3Cl)CC2)nn1. The second kappa shape index (κ2) is 7.52. The van der Waals surface area contributed by atoms with E-state index in [9.17, 15) is 9.59 Å². The number of carboxylic acids is 1. The zero-order valence-corrected chi connectivity index (χ0v) is 14.1. The molecule has 1 aromatic carbocycles. The molecule has 0 bridgehead atoms. The zero-order chi connectivity index (χ0) is 17.8. The van der Waals surface area contributed by atoms with Crippen LogP contribution in [0.1, 0.15) is 23.3 Å². The van der Waals surface area contributed by atoms with Gasteiger partial charge in [-0.3, -0.25) is 4.79 Å². The molecule has 25 heavy (non-hydrogen) atoms. The van der Waals surface area contributed by atoms with Gasteiger partial charge < -0.3 is 14.7 Å². The fourth-order valence-corrected chi connectivity index (χ4v) is 2.84. The summed E-state index contributed by atoms with van der Waals surface area (Å²) in [5.41, 5.74) is -0.181. The van der Waals surface area contributed by atoms with Crippen LogP contribution in [0.3, 0.4) is 0 Å². The van der Waals surface area contributed by atoms with Crippen LogP contribution in [0.5, 0.6) is 5.75 Å². The molecule has 9 heteroatoms. The van der Waals surface area contributed by atoms with Crippen molar-refractivity contribution in [1.29, 1.82) is 0 Å². The number of carbonyl (C=O) groups is 2. The topological polar surface area (TPSA) is 97.5 Å². The lowest BCUT2D eigenvalue weighted by atomic mass is 10.1. The molecule has 2 heterocycles. The summed E-state index contributed by atoms with van der Waals surface area (Å²) < 4.78 is 7.13. The highest BCUT2D eigenvalue weighted by atomic mass is 35.5. The Hall–Kier alpha value is -2.61. The minimum absolute atomic E-state index is 0.00827. The van der Waals surface area contributed by atoms with Gasteiger partial charge in [-0.2, -0.15) is 0 Å². The van der Waals surface area contributed by atoms with Gasteiger partial charge in [-0.05, 0) is 12.1 Å². The summed E-state index contributed by atoms with van der Waals surface area (Å²) in [5.74, 6) is -0.646. The predicted molar refractivity (Wildman–Crippen MR) is 88.7 cm³/mol. The Morgan fingerprint density at radius 3 is 2.64 bits per heavy atom. The number of hydrogen-bond donors (Lipinski definition) is 1. The number of halogens is 1. The van der Waals surface area contributed by atoms with Crippen LogP contribution < -0.4 is 4.74 Å². The van der Waals surface area contributed by atoms with E-state index in [0.717, 1.165) is 0 Å². The molecule has 132 valence electrons. The second-order valence-electron chi connectivity index (χ2n) is 5.73. The maximum absolute atomic E-state index is 12.3. The van der Waals surface area contributed by atoms with E-state index in [1.54, 1.807) is 11.0 Å². The third-order valence-corrected chi connectivity index (χ3v) is 4.29. The molecule has 3 rings (SSSR count).